The molecule has 0 N–H and O–H groups in total. The predicted octanol–water partition coefficient (Wildman–Crippen LogP) is 5.84. The zero-order valence-electron chi connectivity index (χ0n) is 15.3. The first kappa shape index (κ1) is 17.6. The van der Waals surface area contributed by atoms with Gasteiger partial charge in [0.15, 0.2) is 0 Å². The van der Waals surface area contributed by atoms with Gasteiger partial charge in [0.1, 0.15) is 5.75 Å². The first-order valence-corrected chi connectivity index (χ1v) is 8.75. The molecule has 2 nitrogen and oxygen atoms in total. The molecule has 0 radical (unpaired) electrons. The number of halogens is 1. The van der Waals surface area contributed by atoms with Gasteiger partial charge in [-0.3, -0.25) is 0 Å². The van der Waals surface area contributed by atoms with E-state index in [2.05, 4.69) is 45.9 Å². The number of hydrogen-bond acceptors (Lipinski definition) is 2. The van der Waals surface area contributed by atoms with Crippen molar-refractivity contribution in [1.29, 1.82) is 5.26 Å². The molecule has 2 aromatic carbocycles. The zero-order valence-corrected chi connectivity index (χ0v) is 16.1. The lowest BCUT2D eigenvalue weighted by Gasteiger charge is -2.37. The number of aryl methyl sites for hydroxylation is 1. The number of ether oxygens (including phenoxy) is 1. The third-order valence-electron chi connectivity index (χ3n) is 5.49. The van der Waals surface area contributed by atoms with Gasteiger partial charge in [-0.1, -0.05) is 37.1 Å². The van der Waals surface area contributed by atoms with E-state index in [1.165, 1.54) is 27.8 Å². The molecular formula is C22H22ClNO. The van der Waals surface area contributed by atoms with E-state index in [0.29, 0.717) is 10.6 Å². The molecule has 0 unspecified atom stereocenters. The quantitative estimate of drug-likeness (QED) is 0.681. The average Bonchev–Trinajstić information content (AvgIpc) is 2.58. The first-order valence-electron chi connectivity index (χ1n) is 8.37. The van der Waals surface area contributed by atoms with Gasteiger partial charge in [0.2, 0.25) is 0 Å². The van der Waals surface area contributed by atoms with E-state index in [1.807, 2.05) is 18.2 Å². The molecule has 0 saturated heterocycles. The van der Waals surface area contributed by atoms with E-state index in [-0.39, 0.29) is 5.41 Å². The average molecular weight is 352 g/mol. The van der Waals surface area contributed by atoms with Gasteiger partial charge in [0.25, 0.3) is 0 Å². The van der Waals surface area contributed by atoms with Gasteiger partial charge in [-0.15, -0.1) is 0 Å². The van der Waals surface area contributed by atoms with Gasteiger partial charge in [0, 0.05) is 5.41 Å². The highest BCUT2D eigenvalue weighted by Gasteiger charge is 2.33. The maximum atomic E-state index is 9.12. The van der Waals surface area contributed by atoms with E-state index in [9.17, 15) is 0 Å². The van der Waals surface area contributed by atoms with Crippen molar-refractivity contribution in [3.63, 3.8) is 0 Å². The Hall–Kier alpha value is -2.24. The Balaban J connectivity index is 2.19. The summed E-state index contributed by atoms with van der Waals surface area (Å²) in [6, 6.07) is 12.2. The van der Waals surface area contributed by atoms with Gasteiger partial charge in [0.05, 0.1) is 23.8 Å². The molecule has 0 saturated carbocycles. The Bertz CT molecular complexity index is 932. The number of methoxy groups -OCH3 is 1. The second-order valence-electron chi connectivity index (χ2n) is 7.19. The summed E-state index contributed by atoms with van der Waals surface area (Å²) < 4.78 is 5.42. The van der Waals surface area contributed by atoms with Gasteiger partial charge in [-0.25, -0.2) is 0 Å². The number of fused-ring (bicyclic) bond motifs is 1. The summed E-state index contributed by atoms with van der Waals surface area (Å²) in [4.78, 5) is 0. The number of benzene rings is 2. The molecule has 3 rings (SSSR count). The molecule has 128 valence electrons. The third-order valence-corrected chi connectivity index (χ3v) is 5.78. The summed E-state index contributed by atoms with van der Waals surface area (Å²) in [6.45, 7) is 8.76. The lowest BCUT2D eigenvalue weighted by atomic mass is 9.68. The van der Waals surface area contributed by atoms with Gasteiger partial charge < -0.3 is 4.74 Å². The Morgan fingerprint density at radius 2 is 1.88 bits per heavy atom. The highest BCUT2D eigenvalue weighted by atomic mass is 35.5. The molecule has 0 spiro atoms. The monoisotopic (exact) mass is 351 g/mol. The summed E-state index contributed by atoms with van der Waals surface area (Å²) >= 11 is 6.38. The molecule has 0 aliphatic heterocycles. The van der Waals surface area contributed by atoms with Crippen LogP contribution >= 0.6 is 11.6 Å². The zero-order chi connectivity index (χ0) is 18.4. The van der Waals surface area contributed by atoms with Crippen LogP contribution in [0, 0.1) is 18.3 Å². The Labute approximate surface area is 154 Å². The topological polar surface area (TPSA) is 33.0 Å². The minimum absolute atomic E-state index is 0.110. The molecule has 3 heteroatoms. The highest BCUT2D eigenvalue weighted by molar-refractivity contribution is 6.32. The summed E-state index contributed by atoms with van der Waals surface area (Å²) in [5.41, 5.74) is 8.10. The van der Waals surface area contributed by atoms with E-state index >= 15 is 0 Å². The summed E-state index contributed by atoms with van der Waals surface area (Å²) in [7, 11) is 1.65. The second kappa shape index (κ2) is 6.24. The van der Waals surface area contributed by atoms with Crippen LogP contribution in [0.25, 0.3) is 5.57 Å². The van der Waals surface area contributed by atoms with Crippen molar-refractivity contribution in [2.45, 2.75) is 39.5 Å². The molecule has 25 heavy (non-hydrogen) atoms. The Morgan fingerprint density at radius 3 is 2.48 bits per heavy atom. The van der Waals surface area contributed by atoms with Crippen molar-refractivity contribution in [3.05, 3.63) is 68.7 Å². The van der Waals surface area contributed by atoms with E-state index in [1.54, 1.807) is 7.11 Å². The summed E-state index contributed by atoms with van der Waals surface area (Å²) in [5.74, 6) is 0.722. The number of nitrogens with zero attached hydrogens (tertiary/aromatic N) is 1. The van der Waals surface area contributed by atoms with Crippen LogP contribution < -0.4 is 4.74 Å². The highest BCUT2D eigenvalue weighted by Crippen LogP contribution is 2.46. The minimum atomic E-state index is -0.110. The molecule has 0 amide bonds. The molecule has 1 aliphatic rings. The number of hydrogen-bond donors (Lipinski definition) is 0. The van der Waals surface area contributed by atoms with Crippen LogP contribution in [0.5, 0.6) is 5.75 Å². The summed E-state index contributed by atoms with van der Waals surface area (Å²) in [6.07, 6.45) is 0.834. The smallest absolute Gasteiger partial charge is 0.137 e. The van der Waals surface area contributed by atoms with Gasteiger partial charge in [-0.05, 0) is 72.4 Å². The number of allylic oxidation sites excluding steroid dienone is 2. The fraction of sp³-hybridized carbons (Fsp3) is 0.318. The second-order valence-corrected chi connectivity index (χ2v) is 7.60. The minimum Gasteiger partial charge on any atom is -0.495 e. The molecule has 0 bridgehead atoms. The van der Waals surface area contributed by atoms with Gasteiger partial charge in [-0.2, -0.15) is 5.26 Å². The van der Waals surface area contributed by atoms with Crippen LogP contribution in [0.3, 0.4) is 0 Å². The lowest BCUT2D eigenvalue weighted by Crippen LogP contribution is -2.26. The van der Waals surface area contributed by atoms with Crippen LogP contribution in [-0.4, -0.2) is 7.11 Å². The maximum absolute atomic E-state index is 9.12. The molecule has 2 aromatic rings. The molecular weight excluding hydrogens is 330 g/mol. The van der Waals surface area contributed by atoms with Crippen LogP contribution in [0.4, 0.5) is 0 Å². The van der Waals surface area contributed by atoms with Crippen LogP contribution in [-0.2, 0) is 11.8 Å². The van der Waals surface area contributed by atoms with Crippen LogP contribution in [0.1, 0.15) is 48.6 Å². The van der Waals surface area contributed by atoms with Crippen molar-refractivity contribution in [2.75, 3.05) is 7.11 Å². The van der Waals surface area contributed by atoms with Crippen molar-refractivity contribution in [3.8, 4) is 11.8 Å². The fourth-order valence-corrected chi connectivity index (χ4v) is 4.01. The molecule has 0 atom stereocenters. The predicted molar refractivity (Wildman–Crippen MR) is 103 cm³/mol. The Morgan fingerprint density at radius 1 is 1.16 bits per heavy atom. The maximum Gasteiger partial charge on any atom is 0.137 e. The van der Waals surface area contributed by atoms with E-state index in [4.69, 9.17) is 21.6 Å². The Kier molecular flexibility index (Phi) is 4.39. The van der Waals surface area contributed by atoms with E-state index in [0.717, 1.165) is 17.7 Å². The molecule has 0 fully saturated rings. The number of nitriles is 1. The number of rotatable bonds is 2. The lowest BCUT2D eigenvalue weighted by molar-refractivity contribution is 0.413. The van der Waals surface area contributed by atoms with Crippen molar-refractivity contribution in [1.82, 2.24) is 0 Å². The van der Waals surface area contributed by atoms with Gasteiger partial charge >= 0.3 is 0 Å². The van der Waals surface area contributed by atoms with Crippen molar-refractivity contribution in [2.24, 2.45) is 0 Å². The largest absolute Gasteiger partial charge is 0.495 e. The molecule has 0 aromatic heterocycles. The fourth-order valence-electron chi connectivity index (χ4n) is 3.75. The normalized spacial score (nSPS) is 15.6. The molecule has 0 heterocycles. The molecule has 1 aliphatic carbocycles. The standard InChI is InChI=1S/C22H22ClNO/c1-13-8-15(12-24)6-7-17(13)18-9-16-10-20(23)21(25-5)11-19(16)22(3,4)14(18)2/h6-8,10-11H,9H2,1-5H3. The van der Waals surface area contributed by atoms with Crippen LogP contribution in [0.15, 0.2) is 35.9 Å². The van der Waals surface area contributed by atoms with Crippen molar-refractivity contribution < 1.29 is 4.74 Å². The van der Waals surface area contributed by atoms with Crippen LogP contribution in [0.2, 0.25) is 5.02 Å². The first-order chi connectivity index (χ1) is 11.8. The SMILES string of the molecule is COc1cc2c(cc1Cl)CC(c1ccc(C#N)cc1C)=C(C)C2(C)C. The third kappa shape index (κ3) is 2.83. The summed E-state index contributed by atoms with van der Waals surface area (Å²) in [5, 5.41) is 9.77. The van der Waals surface area contributed by atoms with E-state index < -0.39 is 0 Å². The van der Waals surface area contributed by atoms with Crippen molar-refractivity contribution >= 4 is 17.2 Å².